The molecule has 0 heterocycles. The van der Waals surface area contributed by atoms with E-state index in [1.807, 2.05) is 36.4 Å². The second-order valence-electron chi connectivity index (χ2n) is 6.00. The van der Waals surface area contributed by atoms with Gasteiger partial charge in [0.15, 0.2) is 11.6 Å². The summed E-state index contributed by atoms with van der Waals surface area (Å²) in [7, 11) is 0. The van der Waals surface area contributed by atoms with Gasteiger partial charge in [-0.1, -0.05) is 63.4 Å². The fraction of sp³-hybridized carbons (Fsp3) is 0.167. The SMILES string of the molecule is C=CC(=O)c1ccc(/C=C/c2ccc(C(=O)C=C)cc2CC)c(CC)c1. The quantitative estimate of drug-likeness (QED) is 0.349. The number of ketones is 2. The second kappa shape index (κ2) is 8.91. The van der Waals surface area contributed by atoms with Crippen LogP contribution in [0.4, 0.5) is 0 Å². The number of carbonyl (C=O) groups is 2. The molecule has 0 bridgehead atoms. The van der Waals surface area contributed by atoms with Crippen molar-refractivity contribution in [1.82, 2.24) is 0 Å². The molecule has 0 aromatic heterocycles. The monoisotopic (exact) mass is 344 g/mol. The lowest BCUT2D eigenvalue weighted by molar-refractivity contribution is 0.103. The highest BCUT2D eigenvalue weighted by atomic mass is 16.1. The lowest BCUT2D eigenvalue weighted by atomic mass is 9.96. The van der Waals surface area contributed by atoms with E-state index in [0.717, 1.165) is 35.1 Å². The fourth-order valence-corrected chi connectivity index (χ4v) is 2.87. The van der Waals surface area contributed by atoms with Crippen LogP contribution >= 0.6 is 0 Å². The van der Waals surface area contributed by atoms with Crippen molar-refractivity contribution < 1.29 is 9.59 Å². The Morgan fingerprint density at radius 2 is 1.15 bits per heavy atom. The number of carbonyl (C=O) groups excluding carboxylic acids is 2. The highest BCUT2D eigenvalue weighted by Crippen LogP contribution is 2.20. The normalized spacial score (nSPS) is 10.7. The van der Waals surface area contributed by atoms with Crippen molar-refractivity contribution in [3.8, 4) is 0 Å². The smallest absolute Gasteiger partial charge is 0.185 e. The van der Waals surface area contributed by atoms with E-state index in [-0.39, 0.29) is 11.6 Å². The lowest BCUT2D eigenvalue weighted by Crippen LogP contribution is -1.98. The molecule has 26 heavy (non-hydrogen) atoms. The Morgan fingerprint density at radius 3 is 1.46 bits per heavy atom. The van der Waals surface area contributed by atoms with Crippen LogP contribution in [0, 0.1) is 0 Å². The molecule has 0 aliphatic heterocycles. The first kappa shape index (κ1) is 19.3. The van der Waals surface area contributed by atoms with Crippen molar-refractivity contribution in [3.05, 3.63) is 95.1 Å². The zero-order valence-electron chi connectivity index (χ0n) is 15.4. The number of benzene rings is 2. The third-order valence-electron chi connectivity index (χ3n) is 4.43. The van der Waals surface area contributed by atoms with E-state index in [1.54, 1.807) is 0 Å². The van der Waals surface area contributed by atoms with Crippen LogP contribution in [-0.2, 0) is 12.8 Å². The topological polar surface area (TPSA) is 34.1 Å². The molecule has 0 unspecified atom stereocenters. The summed E-state index contributed by atoms with van der Waals surface area (Å²) in [6.07, 6.45) is 8.47. The first-order chi connectivity index (χ1) is 12.5. The second-order valence-corrected chi connectivity index (χ2v) is 6.00. The van der Waals surface area contributed by atoms with Gasteiger partial charge >= 0.3 is 0 Å². The van der Waals surface area contributed by atoms with Gasteiger partial charge in [0.1, 0.15) is 0 Å². The standard InChI is InChI=1S/C24H24O2/c1-5-17-15-21(23(25)7-3)13-11-19(17)9-10-20-12-14-22(24(26)8-4)16-18(20)6-2/h7-16H,3-6H2,1-2H3/b10-9+. The molecule has 0 aliphatic carbocycles. The minimum absolute atomic E-state index is 0.0639. The molecular formula is C24H24O2. The molecular weight excluding hydrogens is 320 g/mol. The molecule has 2 rings (SSSR count). The van der Waals surface area contributed by atoms with Gasteiger partial charge in [0.05, 0.1) is 0 Å². The molecule has 0 atom stereocenters. The minimum Gasteiger partial charge on any atom is -0.289 e. The van der Waals surface area contributed by atoms with Gasteiger partial charge in [0, 0.05) is 11.1 Å². The summed E-state index contributed by atoms with van der Waals surface area (Å²) in [5.41, 5.74) is 5.73. The van der Waals surface area contributed by atoms with Gasteiger partial charge in [0.2, 0.25) is 0 Å². The van der Waals surface area contributed by atoms with Crippen molar-refractivity contribution in [3.63, 3.8) is 0 Å². The van der Waals surface area contributed by atoms with E-state index in [4.69, 9.17) is 0 Å². The average Bonchev–Trinajstić information content (AvgIpc) is 2.70. The molecule has 2 aromatic carbocycles. The highest BCUT2D eigenvalue weighted by Gasteiger charge is 2.07. The molecule has 0 fully saturated rings. The van der Waals surface area contributed by atoms with Gasteiger partial charge in [-0.2, -0.15) is 0 Å². The third kappa shape index (κ3) is 4.34. The molecule has 2 heteroatoms. The minimum atomic E-state index is -0.0639. The largest absolute Gasteiger partial charge is 0.289 e. The summed E-state index contributed by atoms with van der Waals surface area (Å²) < 4.78 is 0. The van der Waals surface area contributed by atoms with Crippen molar-refractivity contribution in [2.75, 3.05) is 0 Å². The van der Waals surface area contributed by atoms with Gasteiger partial charge < -0.3 is 0 Å². The van der Waals surface area contributed by atoms with Crippen molar-refractivity contribution in [2.24, 2.45) is 0 Å². The van der Waals surface area contributed by atoms with Crippen LogP contribution in [0.15, 0.2) is 61.7 Å². The fourth-order valence-electron chi connectivity index (χ4n) is 2.87. The molecule has 2 aromatic rings. The van der Waals surface area contributed by atoms with Gasteiger partial charge in [-0.05, 0) is 59.4 Å². The Kier molecular flexibility index (Phi) is 6.62. The first-order valence-corrected chi connectivity index (χ1v) is 8.81. The average molecular weight is 344 g/mol. The summed E-state index contributed by atoms with van der Waals surface area (Å²) in [6.45, 7) is 11.2. The Morgan fingerprint density at radius 1 is 0.769 bits per heavy atom. The van der Waals surface area contributed by atoms with E-state index in [1.165, 1.54) is 12.2 Å². The Labute approximate surface area is 155 Å². The number of aryl methyl sites for hydroxylation is 2. The maximum Gasteiger partial charge on any atom is 0.185 e. The molecule has 0 spiro atoms. The van der Waals surface area contributed by atoms with Crippen LogP contribution in [0.25, 0.3) is 12.2 Å². The number of allylic oxidation sites excluding steroid dienone is 2. The first-order valence-electron chi connectivity index (χ1n) is 8.81. The molecule has 0 saturated heterocycles. The van der Waals surface area contributed by atoms with Crippen LogP contribution in [0.3, 0.4) is 0 Å². The molecule has 0 saturated carbocycles. The predicted octanol–water partition coefficient (Wildman–Crippen LogP) is 5.72. The zero-order valence-corrected chi connectivity index (χ0v) is 15.4. The zero-order chi connectivity index (χ0) is 19.1. The summed E-state index contributed by atoms with van der Waals surface area (Å²) in [5, 5.41) is 0. The van der Waals surface area contributed by atoms with Crippen molar-refractivity contribution in [1.29, 1.82) is 0 Å². The summed E-state index contributed by atoms with van der Waals surface area (Å²) in [5.74, 6) is -0.128. The van der Waals surface area contributed by atoms with E-state index in [2.05, 4.69) is 39.2 Å². The summed E-state index contributed by atoms with van der Waals surface area (Å²) in [6, 6.07) is 11.4. The van der Waals surface area contributed by atoms with Crippen LogP contribution in [-0.4, -0.2) is 11.6 Å². The Bertz CT molecular complexity index is 812. The van der Waals surface area contributed by atoms with E-state index < -0.39 is 0 Å². The van der Waals surface area contributed by atoms with Gasteiger partial charge in [-0.25, -0.2) is 0 Å². The Hall–Kier alpha value is -3.00. The molecule has 0 radical (unpaired) electrons. The van der Waals surface area contributed by atoms with Gasteiger partial charge in [0.25, 0.3) is 0 Å². The Balaban J connectivity index is 2.37. The van der Waals surface area contributed by atoms with Crippen LogP contribution in [0.5, 0.6) is 0 Å². The molecule has 0 N–H and O–H groups in total. The lowest BCUT2D eigenvalue weighted by Gasteiger charge is -2.08. The maximum atomic E-state index is 11.8. The summed E-state index contributed by atoms with van der Waals surface area (Å²) in [4.78, 5) is 23.6. The predicted molar refractivity (Wildman–Crippen MR) is 110 cm³/mol. The van der Waals surface area contributed by atoms with Crippen molar-refractivity contribution in [2.45, 2.75) is 26.7 Å². The number of hydrogen-bond donors (Lipinski definition) is 0. The molecule has 2 nitrogen and oxygen atoms in total. The molecule has 0 aliphatic rings. The van der Waals surface area contributed by atoms with E-state index in [9.17, 15) is 9.59 Å². The van der Waals surface area contributed by atoms with Gasteiger partial charge in [-0.3, -0.25) is 9.59 Å². The molecule has 0 amide bonds. The maximum absolute atomic E-state index is 11.8. The van der Waals surface area contributed by atoms with Crippen LogP contribution in [0.2, 0.25) is 0 Å². The van der Waals surface area contributed by atoms with Crippen LogP contribution in [0.1, 0.15) is 56.8 Å². The van der Waals surface area contributed by atoms with Crippen LogP contribution < -0.4 is 0 Å². The van der Waals surface area contributed by atoms with E-state index in [0.29, 0.717) is 11.1 Å². The molecule has 132 valence electrons. The number of rotatable bonds is 8. The number of hydrogen-bond acceptors (Lipinski definition) is 2. The third-order valence-corrected chi connectivity index (χ3v) is 4.43. The van der Waals surface area contributed by atoms with E-state index >= 15 is 0 Å². The summed E-state index contributed by atoms with van der Waals surface area (Å²) >= 11 is 0. The van der Waals surface area contributed by atoms with Gasteiger partial charge in [-0.15, -0.1) is 0 Å². The highest BCUT2D eigenvalue weighted by molar-refractivity contribution is 6.05. The van der Waals surface area contributed by atoms with Crippen molar-refractivity contribution >= 4 is 23.7 Å².